The number of rotatable bonds is 3. The third kappa shape index (κ3) is 3.01. The van der Waals surface area contributed by atoms with E-state index in [1.807, 2.05) is 0 Å². The lowest BCUT2D eigenvalue weighted by atomic mass is 10.0. The third-order valence-electron chi connectivity index (χ3n) is 3.97. The van der Waals surface area contributed by atoms with Crippen LogP contribution in [-0.2, 0) is 6.54 Å². The number of methoxy groups -OCH3 is 1. The Morgan fingerprint density at radius 1 is 1.35 bits per heavy atom. The molecule has 2 nitrogen and oxygen atoms in total. The summed E-state index contributed by atoms with van der Waals surface area (Å²) in [6.45, 7) is 6.99. The summed E-state index contributed by atoms with van der Waals surface area (Å²) in [5.41, 5.74) is 2.68. The molecule has 1 fully saturated rings. The average Bonchev–Trinajstić information content (AvgIpc) is 2.32. The first-order valence-electron chi connectivity index (χ1n) is 6.69. The first-order valence-corrected chi connectivity index (χ1v) is 6.69. The molecule has 0 saturated carbocycles. The van der Waals surface area contributed by atoms with Gasteiger partial charge in [0.15, 0.2) is 0 Å². The average molecular weight is 234 g/mol. The molecule has 1 aromatic rings. The van der Waals surface area contributed by atoms with E-state index in [9.17, 15) is 0 Å². The van der Waals surface area contributed by atoms with E-state index in [2.05, 4.69) is 32.0 Å². The molecule has 1 N–H and O–H groups in total. The second kappa shape index (κ2) is 5.54. The number of nitrogens with one attached hydrogen (secondary N) is 1. The van der Waals surface area contributed by atoms with Crippen LogP contribution >= 0.6 is 0 Å². The van der Waals surface area contributed by atoms with Gasteiger partial charge in [-0.1, -0.05) is 0 Å². The number of piperidine rings is 1. The van der Waals surface area contributed by atoms with Crippen molar-refractivity contribution in [2.45, 2.75) is 45.7 Å². The predicted octanol–water partition coefficient (Wildman–Crippen LogP) is 1.96. The minimum Gasteiger partial charge on any atom is -0.496 e. The normalized spacial score (nSPS) is 24.6. The number of ether oxygens (including phenoxy) is 1. The van der Waals surface area contributed by atoms with E-state index in [0.717, 1.165) is 18.3 Å². The van der Waals surface area contributed by atoms with Crippen LogP contribution in [0.2, 0.25) is 0 Å². The highest BCUT2D eigenvalue weighted by atomic mass is 16.5. The van der Waals surface area contributed by atoms with Crippen LogP contribution in [0, 0.1) is 6.92 Å². The SMILES string of the molecule is COc1ccc(C[NH+]2CCCC[C@H]2C)cc1C. The lowest BCUT2D eigenvalue weighted by molar-refractivity contribution is -0.941. The summed E-state index contributed by atoms with van der Waals surface area (Å²) in [6, 6.07) is 7.39. The Balaban J connectivity index is 2.05. The monoisotopic (exact) mass is 234 g/mol. The summed E-state index contributed by atoms with van der Waals surface area (Å²) < 4.78 is 5.30. The fourth-order valence-corrected chi connectivity index (χ4v) is 2.83. The van der Waals surface area contributed by atoms with Crippen molar-refractivity contribution in [3.63, 3.8) is 0 Å². The van der Waals surface area contributed by atoms with Gasteiger partial charge in [-0.2, -0.15) is 0 Å². The quantitative estimate of drug-likeness (QED) is 0.844. The summed E-state index contributed by atoms with van der Waals surface area (Å²) in [6.07, 6.45) is 4.17. The molecule has 0 spiro atoms. The molecule has 1 aliphatic rings. The fourth-order valence-electron chi connectivity index (χ4n) is 2.83. The molecule has 0 bridgehead atoms. The van der Waals surface area contributed by atoms with Crippen LogP contribution < -0.4 is 9.64 Å². The van der Waals surface area contributed by atoms with E-state index in [4.69, 9.17) is 4.74 Å². The van der Waals surface area contributed by atoms with Crippen LogP contribution in [0.1, 0.15) is 37.3 Å². The van der Waals surface area contributed by atoms with Gasteiger partial charge in [0.25, 0.3) is 0 Å². The second-order valence-corrected chi connectivity index (χ2v) is 5.29. The van der Waals surface area contributed by atoms with Gasteiger partial charge in [-0.05, 0) is 56.9 Å². The Kier molecular flexibility index (Phi) is 4.06. The van der Waals surface area contributed by atoms with Crippen LogP contribution in [0.3, 0.4) is 0 Å². The van der Waals surface area contributed by atoms with Crippen LogP contribution in [0.25, 0.3) is 0 Å². The molecule has 0 radical (unpaired) electrons. The molecule has 2 heteroatoms. The van der Waals surface area contributed by atoms with Gasteiger partial charge in [0.1, 0.15) is 12.3 Å². The third-order valence-corrected chi connectivity index (χ3v) is 3.97. The van der Waals surface area contributed by atoms with Gasteiger partial charge in [-0.15, -0.1) is 0 Å². The Morgan fingerprint density at radius 2 is 2.18 bits per heavy atom. The molecule has 1 aromatic carbocycles. The van der Waals surface area contributed by atoms with Crippen molar-refractivity contribution < 1.29 is 9.64 Å². The highest BCUT2D eigenvalue weighted by Crippen LogP contribution is 2.18. The number of quaternary nitrogens is 1. The van der Waals surface area contributed by atoms with E-state index in [1.165, 1.54) is 36.9 Å². The predicted molar refractivity (Wildman–Crippen MR) is 70.6 cm³/mol. The number of aryl methyl sites for hydroxylation is 1. The smallest absolute Gasteiger partial charge is 0.121 e. The molecule has 2 rings (SSSR count). The first kappa shape index (κ1) is 12.4. The van der Waals surface area contributed by atoms with Crippen molar-refractivity contribution in [2.75, 3.05) is 13.7 Å². The lowest BCUT2D eigenvalue weighted by Gasteiger charge is -2.30. The van der Waals surface area contributed by atoms with Crippen LogP contribution in [0.4, 0.5) is 0 Å². The highest BCUT2D eigenvalue weighted by Gasteiger charge is 2.21. The molecule has 0 aliphatic carbocycles. The number of likely N-dealkylation sites (tertiary alicyclic amines) is 1. The molecular formula is C15H24NO+. The van der Waals surface area contributed by atoms with Crippen molar-refractivity contribution >= 4 is 0 Å². The van der Waals surface area contributed by atoms with Gasteiger partial charge in [-0.25, -0.2) is 0 Å². The lowest BCUT2D eigenvalue weighted by Crippen LogP contribution is -3.14. The maximum atomic E-state index is 5.30. The maximum Gasteiger partial charge on any atom is 0.121 e. The Hall–Kier alpha value is -1.02. The first-order chi connectivity index (χ1) is 8.20. The van der Waals surface area contributed by atoms with Gasteiger partial charge in [0.05, 0.1) is 19.7 Å². The molecule has 94 valence electrons. The van der Waals surface area contributed by atoms with E-state index in [-0.39, 0.29) is 0 Å². The zero-order chi connectivity index (χ0) is 12.3. The molecular weight excluding hydrogens is 210 g/mol. The van der Waals surface area contributed by atoms with Gasteiger partial charge < -0.3 is 9.64 Å². The zero-order valence-electron chi connectivity index (χ0n) is 11.3. The molecule has 1 unspecified atom stereocenters. The number of benzene rings is 1. The van der Waals surface area contributed by atoms with Gasteiger partial charge in [0.2, 0.25) is 0 Å². The minimum absolute atomic E-state index is 0.811. The molecule has 17 heavy (non-hydrogen) atoms. The van der Waals surface area contributed by atoms with Crippen molar-refractivity contribution in [3.8, 4) is 5.75 Å². The summed E-state index contributed by atoms with van der Waals surface area (Å²) >= 11 is 0. The molecule has 1 heterocycles. The van der Waals surface area contributed by atoms with Crippen molar-refractivity contribution in [1.82, 2.24) is 0 Å². The zero-order valence-corrected chi connectivity index (χ0v) is 11.3. The van der Waals surface area contributed by atoms with E-state index in [1.54, 1.807) is 12.0 Å². The maximum absolute atomic E-state index is 5.30. The standard InChI is InChI=1S/C15H23NO/c1-12-10-14(7-8-15(12)17-3)11-16-9-5-4-6-13(16)2/h7-8,10,13H,4-6,9,11H2,1-3H3/p+1/t13-/m1/s1. The second-order valence-electron chi connectivity index (χ2n) is 5.29. The Bertz CT molecular complexity index is 375. The Labute approximate surface area is 105 Å². The molecule has 1 aliphatic heterocycles. The van der Waals surface area contributed by atoms with Gasteiger partial charge >= 0.3 is 0 Å². The molecule has 0 amide bonds. The molecule has 2 atom stereocenters. The van der Waals surface area contributed by atoms with Crippen molar-refractivity contribution in [2.24, 2.45) is 0 Å². The molecule has 0 aromatic heterocycles. The van der Waals surface area contributed by atoms with Crippen LogP contribution in [0.5, 0.6) is 5.75 Å². The fraction of sp³-hybridized carbons (Fsp3) is 0.600. The summed E-state index contributed by atoms with van der Waals surface area (Å²) in [5.74, 6) is 0.996. The summed E-state index contributed by atoms with van der Waals surface area (Å²) in [7, 11) is 1.74. The summed E-state index contributed by atoms with van der Waals surface area (Å²) in [4.78, 5) is 1.74. The topological polar surface area (TPSA) is 13.7 Å². The minimum atomic E-state index is 0.811. The van der Waals surface area contributed by atoms with E-state index in [0.29, 0.717) is 0 Å². The van der Waals surface area contributed by atoms with Crippen molar-refractivity contribution in [3.05, 3.63) is 29.3 Å². The highest BCUT2D eigenvalue weighted by molar-refractivity contribution is 5.35. The van der Waals surface area contributed by atoms with E-state index >= 15 is 0 Å². The Morgan fingerprint density at radius 3 is 2.82 bits per heavy atom. The largest absolute Gasteiger partial charge is 0.496 e. The van der Waals surface area contributed by atoms with Crippen molar-refractivity contribution in [1.29, 1.82) is 0 Å². The molecule has 1 saturated heterocycles. The van der Waals surface area contributed by atoms with E-state index < -0.39 is 0 Å². The van der Waals surface area contributed by atoms with Crippen LogP contribution in [-0.4, -0.2) is 19.7 Å². The van der Waals surface area contributed by atoms with Gasteiger partial charge in [-0.3, -0.25) is 0 Å². The number of hydrogen-bond acceptors (Lipinski definition) is 1. The summed E-state index contributed by atoms with van der Waals surface area (Å²) in [5, 5.41) is 0. The van der Waals surface area contributed by atoms with Crippen LogP contribution in [0.15, 0.2) is 18.2 Å². The van der Waals surface area contributed by atoms with Gasteiger partial charge in [0, 0.05) is 5.56 Å². The number of hydrogen-bond donors (Lipinski definition) is 1.